The second kappa shape index (κ2) is 7.68. The Balaban J connectivity index is 2.56. The molecule has 0 unspecified atom stereocenters. The molecule has 20 heavy (non-hydrogen) atoms. The van der Waals surface area contributed by atoms with Gasteiger partial charge in [0.25, 0.3) is 0 Å². The lowest BCUT2D eigenvalue weighted by Crippen LogP contribution is -2.36. The summed E-state index contributed by atoms with van der Waals surface area (Å²) in [6.45, 7) is 5.68. The fourth-order valence-electron chi connectivity index (χ4n) is 2.23. The summed E-state index contributed by atoms with van der Waals surface area (Å²) in [7, 11) is 0. The summed E-state index contributed by atoms with van der Waals surface area (Å²) < 4.78 is 0. The van der Waals surface area contributed by atoms with Gasteiger partial charge in [-0.15, -0.1) is 0 Å². The minimum atomic E-state index is -1.07. The van der Waals surface area contributed by atoms with E-state index >= 15 is 0 Å². The fraction of sp³-hybridized carbons (Fsp3) is 0.500. The zero-order chi connectivity index (χ0) is 15.1. The van der Waals surface area contributed by atoms with Crippen LogP contribution < -0.4 is 10.4 Å². The van der Waals surface area contributed by atoms with Gasteiger partial charge in [0.1, 0.15) is 0 Å². The van der Waals surface area contributed by atoms with Crippen molar-refractivity contribution in [3.8, 4) is 0 Å². The summed E-state index contributed by atoms with van der Waals surface area (Å²) in [4.78, 5) is 23.0. The van der Waals surface area contributed by atoms with Crippen LogP contribution in [0.2, 0.25) is 0 Å². The topological polar surface area (TPSA) is 69.2 Å². The number of carboxylic acid groups (broad SMARTS) is 1. The Bertz CT molecular complexity index is 453. The molecule has 0 fully saturated rings. The van der Waals surface area contributed by atoms with Crippen molar-refractivity contribution in [1.29, 1.82) is 0 Å². The van der Waals surface area contributed by atoms with Gasteiger partial charge in [-0.05, 0) is 31.4 Å². The molecule has 4 heteroatoms. The number of rotatable bonds is 7. The molecule has 0 aliphatic rings. The van der Waals surface area contributed by atoms with Gasteiger partial charge in [-0.3, -0.25) is 4.79 Å². The third-order valence-corrected chi connectivity index (χ3v) is 3.43. The largest absolute Gasteiger partial charge is 0.550 e. The molecule has 0 spiro atoms. The molecule has 1 rings (SSSR count). The molecule has 0 saturated carbocycles. The number of hydrogen-bond donors (Lipinski definition) is 1. The van der Waals surface area contributed by atoms with Crippen LogP contribution in [0.3, 0.4) is 0 Å². The van der Waals surface area contributed by atoms with Crippen molar-refractivity contribution < 1.29 is 14.7 Å². The van der Waals surface area contributed by atoms with Crippen LogP contribution in [0, 0.1) is 18.8 Å². The van der Waals surface area contributed by atoms with E-state index in [-0.39, 0.29) is 18.2 Å². The Morgan fingerprint density at radius 3 is 2.35 bits per heavy atom. The molecule has 1 amide bonds. The summed E-state index contributed by atoms with van der Waals surface area (Å²) >= 11 is 0. The highest BCUT2D eigenvalue weighted by molar-refractivity contribution is 5.91. The number of carbonyl (C=O) groups excluding carboxylic acids is 2. The molecular formula is C16H22NO3-. The molecule has 4 nitrogen and oxygen atoms in total. The lowest BCUT2D eigenvalue weighted by molar-refractivity contribution is -0.313. The van der Waals surface area contributed by atoms with Crippen molar-refractivity contribution in [2.24, 2.45) is 11.8 Å². The molecule has 2 atom stereocenters. The molecule has 0 saturated heterocycles. The number of carbonyl (C=O) groups is 2. The molecule has 0 heterocycles. The smallest absolute Gasteiger partial charge is 0.224 e. The maximum absolute atomic E-state index is 11.9. The second-order valence-electron chi connectivity index (χ2n) is 5.31. The molecule has 1 aromatic carbocycles. The van der Waals surface area contributed by atoms with Crippen molar-refractivity contribution in [2.75, 3.05) is 5.32 Å². The van der Waals surface area contributed by atoms with Gasteiger partial charge in [0.2, 0.25) is 5.91 Å². The average Bonchev–Trinajstić information content (AvgIpc) is 2.38. The standard InChI is InChI=1S/C16H23NO3/c1-4-5-14(16(19)20)12(3)10-15(18)17-13-8-6-11(2)7-9-13/h6-9,12,14H,4-5,10H2,1-3H3,(H,17,18)(H,19,20)/p-1/t12-,14+/m1/s1. The molecule has 0 bridgehead atoms. The first-order valence-electron chi connectivity index (χ1n) is 7.01. The Labute approximate surface area is 120 Å². The Kier molecular flexibility index (Phi) is 6.22. The minimum Gasteiger partial charge on any atom is -0.550 e. The highest BCUT2D eigenvalue weighted by atomic mass is 16.4. The number of hydrogen-bond acceptors (Lipinski definition) is 3. The van der Waals surface area contributed by atoms with E-state index in [9.17, 15) is 14.7 Å². The molecule has 0 aromatic heterocycles. The Morgan fingerprint density at radius 2 is 1.85 bits per heavy atom. The quantitative estimate of drug-likeness (QED) is 0.829. The van der Waals surface area contributed by atoms with E-state index in [0.29, 0.717) is 6.42 Å². The van der Waals surface area contributed by atoms with Crippen LogP contribution >= 0.6 is 0 Å². The van der Waals surface area contributed by atoms with Gasteiger partial charge in [-0.1, -0.05) is 38.0 Å². The first-order chi connectivity index (χ1) is 9.43. The Morgan fingerprint density at radius 1 is 1.25 bits per heavy atom. The molecule has 0 aliphatic carbocycles. The predicted octanol–water partition coefficient (Wildman–Crippen LogP) is 2.13. The van der Waals surface area contributed by atoms with E-state index < -0.39 is 11.9 Å². The lowest BCUT2D eigenvalue weighted by atomic mass is 9.87. The van der Waals surface area contributed by atoms with E-state index in [2.05, 4.69) is 5.32 Å². The molecule has 110 valence electrons. The van der Waals surface area contributed by atoms with Crippen LogP contribution in [0.1, 0.15) is 38.7 Å². The highest BCUT2D eigenvalue weighted by Crippen LogP contribution is 2.21. The number of aryl methyl sites for hydroxylation is 1. The van der Waals surface area contributed by atoms with Crippen LogP contribution in [0.5, 0.6) is 0 Å². The van der Waals surface area contributed by atoms with Gasteiger partial charge < -0.3 is 15.2 Å². The number of nitrogens with one attached hydrogen (secondary N) is 1. The van der Waals surface area contributed by atoms with Crippen molar-refractivity contribution in [3.05, 3.63) is 29.8 Å². The maximum atomic E-state index is 11.9. The lowest BCUT2D eigenvalue weighted by Gasteiger charge is -2.24. The number of anilines is 1. The highest BCUT2D eigenvalue weighted by Gasteiger charge is 2.20. The third kappa shape index (κ3) is 5.03. The first-order valence-corrected chi connectivity index (χ1v) is 7.01. The zero-order valence-electron chi connectivity index (χ0n) is 12.3. The first kappa shape index (κ1) is 16.2. The second-order valence-corrected chi connectivity index (χ2v) is 5.31. The van der Waals surface area contributed by atoms with Crippen LogP contribution in [0.15, 0.2) is 24.3 Å². The van der Waals surface area contributed by atoms with E-state index in [1.54, 1.807) is 6.92 Å². The van der Waals surface area contributed by atoms with Gasteiger partial charge >= 0.3 is 0 Å². The SMILES string of the molecule is CCC[C@H](C(=O)[O-])[C@H](C)CC(=O)Nc1ccc(C)cc1. The maximum Gasteiger partial charge on any atom is 0.224 e. The van der Waals surface area contributed by atoms with Gasteiger partial charge in [0.05, 0.1) is 0 Å². The van der Waals surface area contributed by atoms with Crippen LogP contribution in [-0.4, -0.2) is 11.9 Å². The average molecular weight is 276 g/mol. The summed E-state index contributed by atoms with van der Waals surface area (Å²) in [6, 6.07) is 7.50. The zero-order valence-corrected chi connectivity index (χ0v) is 12.3. The number of amides is 1. The summed E-state index contributed by atoms with van der Waals surface area (Å²) in [5.41, 5.74) is 1.85. The van der Waals surface area contributed by atoms with E-state index in [1.165, 1.54) is 0 Å². The monoisotopic (exact) mass is 276 g/mol. The molecular weight excluding hydrogens is 254 g/mol. The predicted molar refractivity (Wildman–Crippen MR) is 77.0 cm³/mol. The summed E-state index contributed by atoms with van der Waals surface area (Å²) in [5, 5.41) is 13.8. The van der Waals surface area contributed by atoms with Crippen LogP contribution in [0.4, 0.5) is 5.69 Å². The van der Waals surface area contributed by atoms with Crippen molar-refractivity contribution in [2.45, 2.75) is 40.0 Å². The molecule has 1 N–H and O–H groups in total. The van der Waals surface area contributed by atoms with Gasteiger partial charge in [-0.25, -0.2) is 0 Å². The van der Waals surface area contributed by atoms with Crippen molar-refractivity contribution >= 4 is 17.6 Å². The summed E-state index contributed by atoms with van der Waals surface area (Å²) in [5.74, 6) is -2.03. The molecule has 0 aliphatic heterocycles. The van der Waals surface area contributed by atoms with E-state index in [4.69, 9.17) is 0 Å². The van der Waals surface area contributed by atoms with Crippen LogP contribution in [-0.2, 0) is 9.59 Å². The number of carboxylic acids is 1. The Hall–Kier alpha value is -1.84. The van der Waals surface area contributed by atoms with Gasteiger partial charge in [0.15, 0.2) is 0 Å². The van der Waals surface area contributed by atoms with Crippen LogP contribution in [0.25, 0.3) is 0 Å². The van der Waals surface area contributed by atoms with Gasteiger partial charge in [0, 0.05) is 24.0 Å². The molecule has 1 aromatic rings. The van der Waals surface area contributed by atoms with Crippen molar-refractivity contribution in [3.63, 3.8) is 0 Å². The molecule has 0 radical (unpaired) electrons. The van der Waals surface area contributed by atoms with Crippen molar-refractivity contribution in [1.82, 2.24) is 0 Å². The minimum absolute atomic E-state index is 0.163. The third-order valence-electron chi connectivity index (χ3n) is 3.43. The van der Waals surface area contributed by atoms with Gasteiger partial charge in [-0.2, -0.15) is 0 Å². The summed E-state index contributed by atoms with van der Waals surface area (Å²) in [6.07, 6.45) is 1.50. The number of aliphatic carboxylic acids is 1. The normalized spacial score (nSPS) is 13.6. The number of benzene rings is 1. The fourth-order valence-corrected chi connectivity index (χ4v) is 2.23. The van der Waals surface area contributed by atoms with E-state index in [0.717, 1.165) is 17.7 Å². The van der Waals surface area contributed by atoms with E-state index in [1.807, 2.05) is 38.1 Å².